The smallest absolute Gasteiger partial charge is 0.257 e. The van der Waals surface area contributed by atoms with Crippen LogP contribution in [0.4, 0.5) is 13.2 Å². The number of benzene rings is 1. The fourth-order valence-corrected chi connectivity index (χ4v) is 1.35. The summed E-state index contributed by atoms with van der Waals surface area (Å²) in [6.07, 6.45) is -2.93. The fourth-order valence-electron chi connectivity index (χ4n) is 1.000. The standard InChI is InChI=1S/C8H7BrF3NO.ClH/c9-3-1-2-4(10)5(7(3)14)6(13)8(11)12;/h1-2,6,8,14H,13H2;1H/t6-;/m1./s1. The molecule has 1 rings (SSSR count). The van der Waals surface area contributed by atoms with Gasteiger partial charge in [0.05, 0.1) is 16.1 Å². The van der Waals surface area contributed by atoms with Crippen molar-refractivity contribution in [1.82, 2.24) is 0 Å². The molecule has 0 aliphatic carbocycles. The molecule has 0 spiro atoms. The van der Waals surface area contributed by atoms with Crippen LogP contribution in [0.15, 0.2) is 16.6 Å². The second-order valence-corrected chi connectivity index (χ2v) is 3.51. The van der Waals surface area contributed by atoms with E-state index >= 15 is 0 Å². The molecule has 0 unspecified atom stereocenters. The summed E-state index contributed by atoms with van der Waals surface area (Å²) in [6.45, 7) is 0. The number of alkyl halides is 2. The average Bonchev–Trinajstić information content (AvgIpc) is 2.12. The molecule has 0 heterocycles. The van der Waals surface area contributed by atoms with Crippen LogP contribution >= 0.6 is 28.3 Å². The fraction of sp³-hybridized carbons (Fsp3) is 0.250. The summed E-state index contributed by atoms with van der Waals surface area (Å²) in [5.74, 6) is -1.53. The Morgan fingerprint density at radius 1 is 1.33 bits per heavy atom. The molecular weight excluding hydrogens is 298 g/mol. The largest absolute Gasteiger partial charge is 0.506 e. The van der Waals surface area contributed by atoms with E-state index in [-0.39, 0.29) is 16.9 Å². The van der Waals surface area contributed by atoms with Gasteiger partial charge in [0.1, 0.15) is 11.6 Å². The number of hydrogen-bond donors (Lipinski definition) is 2. The topological polar surface area (TPSA) is 46.2 Å². The molecule has 0 bridgehead atoms. The predicted octanol–water partition coefficient (Wildman–Crippen LogP) is 2.98. The van der Waals surface area contributed by atoms with E-state index in [4.69, 9.17) is 5.73 Å². The van der Waals surface area contributed by atoms with E-state index in [0.29, 0.717) is 0 Å². The van der Waals surface area contributed by atoms with Crippen molar-refractivity contribution in [2.45, 2.75) is 12.5 Å². The van der Waals surface area contributed by atoms with Crippen molar-refractivity contribution in [2.24, 2.45) is 5.73 Å². The Bertz CT molecular complexity index is 351. The second-order valence-electron chi connectivity index (χ2n) is 2.65. The highest BCUT2D eigenvalue weighted by atomic mass is 79.9. The molecule has 1 aromatic rings. The van der Waals surface area contributed by atoms with Crippen LogP contribution in [0.1, 0.15) is 11.6 Å². The van der Waals surface area contributed by atoms with Crippen LogP contribution in [0, 0.1) is 5.82 Å². The summed E-state index contributed by atoms with van der Waals surface area (Å²) in [5, 5.41) is 9.30. The third-order valence-corrected chi connectivity index (χ3v) is 2.36. The Balaban J connectivity index is 0.00000196. The van der Waals surface area contributed by atoms with Crippen molar-refractivity contribution in [2.75, 3.05) is 0 Å². The molecule has 0 amide bonds. The summed E-state index contributed by atoms with van der Waals surface area (Å²) in [4.78, 5) is 0. The highest BCUT2D eigenvalue weighted by Crippen LogP contribution is 2.35. The van der Waals surface area contributed by atoms with E-state index in [1.54, 1.807) is 0 Å². The van der Waals surface area contributed by atoms with Crippen LogP contribution in [0.3, 0.4) is 0 Å². The number of rotatable bonds is 2. The summed E-state index contributed by atoms with van der Waals surface area (Å²) in [6, 6.07) is 0.348. The van der Waals surface area contributed by atoms with E-state index in [2.05, 4.69) is 15.9 Å². The number of nitrogens with two attached hydrogens (primary N) is 1. The first-order valence-corrected chi connectivity index (χ1v) is 4.45. The molecule has 0 aromatic heterocycles. The number of halogens is 5. The lowest BCUT2D eigenvalue weighted by molar-refractivity contribution is 0.113. The minimum Gasteiger partial charge on any atom is -0.506 e. The predicted molar refractivity (Wildman–Crippen MR) is 55.9 cm³/mol. The lowest BCUT2D eigenvalue weighted by Gasteiger charge is -2.14. The first-order valence-electron chi connectivity index (χ1n) is 3.65. The molecule has 0 saturated heterocycles. The van der Waals surface area contributed by atoms with E-state index in [9.17, 15) is 18.3 Å². The van der Waals surface area contributed by atoms with Crippen molar-refractivity contribution in [3.8, 4) is 5.75 Å². The first kappa shape index (κ1) is 14.5. The van der Waals surface area contributed by atoms with Crippen molar-refractivity contribution in [3.63, 3.8) is 0 Å². The van der Waals surface area contributed by atoms with Gasteiger partial charge in [0.25, 0.3) is 6.43 Å². The van der Waals surface area contributed by atoms with Gasteiger partial charge in [-0.25, -0.2) is 13.2 Å². The molecule has 1 atom stereocenters. The first-order chi connectivity index (χ1) is 6.45. The van der Waals surface area contributed by atoms with Crippen LogP contribution in [0.5, 0.6) is 5.75 Å². The highest BCUT2D eigenvalue weighted by Gasteiger charge is 2.25. The maximum Gasteiger partial charge on any atom is 0.257 e. The van der Waals surface area contributed by atoms with Crippen molar-refractivity contribution in [1.29, 1.82) is 0 Å². The highest BCUT2D eigenvalue weighted by molar-refractivity contribution is 9.10. The SMILES string of the molecule is Cl.N[C@H](c1c(F)ccc(Br)c1O)C(F)F. The Morgan fingerprint density at radius 3 is 2.33 bits per heavy atom. The van der Waals surface area contributed by atoms with E-state index < -0.39 is 29.6 Å². The summed E-state index contributed by atoms with van der Waals surface area (Å²) >= 11 is 2.88. The Morgan fingerprint density at radius 2 is 1.87 bits per heavy atom. The summed E-state index contributed by atoms with van der Waals surface area (Å²) < 4.78 is 37.6. The second kappa shape index (κ2) is 5.58. The van der Waals surface area contributed by atoms with Crippen molar-refractivity contribution < 1.29 is 18.3 Å². The Labute approximate surface area is 98.8 Å². The molecule has 1 aromatic carbocycles. The Hall–Kier alpha value is -0.460. The molecule has 0 radical (unpaired) electrons. The van der Waals surface area contributed by atoms with Crippen LogP contribution in [-0.4, -0.2) is 11.5 Å². The average molecular weight is 307 g/mol. The molecular formula is C8H8BrClF3NO. The number of aromatic hydroxyl groups is 1. The van der Waals surface area contributed by atoms with E-state index in [0.717, 1.165) is 6.07 Å². The Kier molecular flexibility index (Phi) is 5.41. The van der Waals surface area contributed by atoms with E-state index in [1.165, 1.54) is 6.07 Å². The molecule has 0 aliphatic heterocycles. The minimum absolute atomic E-state index is 0. The van der Waals surface area contributed by atoms with Gasteiger partial charge in [-0.05, 0) is 28.1 Å². The third kappa shape index (κ3) is 2.99. The van der Waals surface area contributed by atoms with E-state index in [1.807, 2.05) is 0 Å². The molecule has 0 fully saturated rings. The normalized spacial score (nSPS) is 12.4. The molecule has 2 nitrogen and oxygen atoms in total. The number of phenols is 1. The molecule has 3 N–H and O–H groups in total. The quantitative estimate of drug-likeness (QED) is 0.882. The summed E-state index contributed by atoms with van der Waals surface area (Å²) in [7, 11) is 0. The third-order valence-electron chi connectivity index (χ3n) is 1.72. The van der Waals surface area contributed by atoms with Gasteiger partial charge in [-0.15, -0.1) is 12.4 Å². The van der Waals surface area contributed by atoms with Crippen LogP contribution in [-0.2, 0) is 0 Å². The number of phenolic OH excluding ortho intramolecular Hbond substituents is 1. The van der Waals surface area contributed by atoms with Crippen LogP contribution in [0.25, 0.3) is 0 Å². The van der Waals surface area contributed by atoms with Gasteiger partial charge in [0.15, 0.2) is 0 Å². The molecule has 7 heteroatoms. The minimum atomic E-state index is -2.93. The maximum absolute atomic E-state index is 13.0. The van der Waals surface area contributed by atoms with Crippen molar-refractivity contribution >= 4 is 28.3 Å². The zero-order valence-electron chi connectivity index (χ0n) is 7.25. The maximum atomic E-state index is 13.0. The monoisotopic (exact) mass is 305 g/mol. The molecule has 86 valence electrons. The van der Waals surface area contributed by atoms with Gasteiger partial charge in [0.2, 0.25) is 0 Å². The zero-order valence-corrected chi connectivity index (χ0v) is 9.66. The van der Waals surface area contributed by atoms with Crippen LogP contribution < -0.4 is 5.73 Å². The molecule has 0 aliphatic rings. The van der Waals surface area contributed by atoms with Gasteiger partial charge in [0, 0.05) is 0 Å². The zero-order chi connectivity index (χ0) is 10.9. The van der Waals surface area contributed by atoms with Gasteiger partial charge < -0.3 is 10.8 Å². The van der Waals surface area contributed by atoms with Gasteiger partial charge in [-0.2, -0.15) is 0 Å². The number of hydrogen-bond acceptors (Lipinski definition) is 2. The summed E-state index contributed by atoms with van der Waals surface area (Å²) in [5.41, 5.74) is 4.46. The lowest BCUT2D eigenvalue weighted by Crippen LogP contribution is -2.20. The van der Waals surface area contributed by atoms with Gasteiger partial charge in [-0.1, -0.05) is 0 Å². The molecule has 0 saturated carbocycles. The van der Waals surface area contributed by atoms with Gasteiger partial charge in [-0.3, -0.25) is 0 Å². The van der Waals surface area contributed by atoms with Gasteiger partial charge >= 0.3 is 0 Å². The molecule has 15 heavy (non-hydrogen) atoms. The van der Waals surface area contributed by atoms with Crippen LogP contribution in [0.2, 0.25) is 0 Å². The van der Waals surface area contributed by atoms with Crippen molar-refractivity contribution in [3.05, 3.63) is 28.0 Å². The lowest BCUT2D eigenvalue weighted by atomic mass is 10.1.